The van der Waals surface area contributed by atoms with E-state index in [2.05, 4.69) is 36.9 Å². The van der Waals surface area contributed by atoms with Crippen LogP contribution in [-0.4, -0.2) is 12.4 Å². The summed E-state index contributed by atoms with van der Waals surface area (Å²) in [5, 5.41) is 7.81. The summed E-state index contributed by atoms with van der Waals surface area (Å²) < 4.78 is 0. The number of nitrogen functional groups attached to an aromatic ring is 1. The van der Waals surface area contributed by atoms with E-state index >= 15 is 0 Å². The zero-order valence-electron chi connectivity index (χ0n) is 12.3. The average molecular weight is 267 g/mol. The molecule has 2 rings (SSSR count). The maximum absolute atomic E-state index is 7.81. The number of aryl methyl sites for hydroxylation is 2. The van der Waals surface area contributed by atoms with Crippen molar-refractivity contribution in [2.45, 2.75) is 20.8 Å². The Hall–Kier alpha value is -2.29. The van der Waals surface area contributed by atoms with E-state index in [0.29, 0.717) is 0 Å². The fourth-order valence-electron chi connectivity index (χ4n) is 2.44. The molecule has 2 aromatic carbocycles. The average Bonchev–Trinajstić information content (AvgIpc) is 2.42. The molecule has 104 valence electrons. The van der Waals surface area contributed by atoms with Gasteiger partial charge in [-0.3, -0.25) is 5.41 Å². The van der Waals surface area contributed by atoms with Crippen molar-refractivity contribution in [2.24, 2.45) is 5.73 Å². The molecule has 0 unspecified atom stereocenters. The summed E-state index contributed by atoms with van der Waals surface area (Å²) in [4.78, 5) is 2.20. The molecule has 2 aromatic rings. The predicted octanol–water partition coefficient (Wildman–Crippen LogP) is 3.75. The lowest BCUT2D eigenvalue weighted by Gasteiger charge is -2.27. The lowest BCUT2D eigenvalue weighted by Crippen LogP contribution is -2.22. The molecular formula is C17H21N3. The first-order chi connectivity index (χ1) is 9.54. The van der Waals surface area contributed by atoms with Crippen LogP contribution >= 0.6 is 0 Å². The summed E-state index contributed by atoms with van der Waals surface area (Å²) in [5.41, 5.74) is 11.0. The minimum atomic E-state index is 0.107. The maximum Gasteiger partial charge on any atom is 0.124 e. The fraction of sp³-hybridized carbons (Fsp3) is 0.235. The second kappa shape index (κ2) is 5.78. The molecule has 0 radical (unpaired) electrons. The SMILES string of the molecule is CCN(c1ccccc1C)c1ccc(C)cc1C(=N)N. The monoisotopic (exact) mass is 267 g/mol. The Labute approximate surface area is 120 Å². The van der Waals surface area contributed by atoms with Gasteiger partial charge in [0.2, 0.25) is 0 Å². The summed E-state index contributed by atoms with van der Waals surface area (Å²) in [7, 11) is 0. The molecule has 0 atom stereocenters. The molecule has 3 nitrogen and oxygen atoms in total. The highest BCUT2D eigenvalue weighted by molar-refractivity contribution is 6.01. The zero-order valence-corrected chi connectivity index (χ0v) is 12.3. The van der Waals surface area contributed by atoms with E-state index < -0.39 is 0 Å². The summed E-state index contributed by atoms with van der Waals surface area (Å²) in [6, 6.07) is 14.3. The number of amidine groups is 1. The van der Waals surface area contributed by atoms with E-state index in [4.69, 9.17) is 11.1 Å². The summed E-state index contributed by atoms with van der Waals surface area (Å²) in [6.45, 7) is 7.05. The number of para-hydroxylation sites is 1. The van der Waals surface area contributed by atoms with Crippen LogP contribution in [0.3, 0.4) is 0 Å². The first kappa shape index (κ1) is 14.1. The topological polar surface area (TPSA) is 53.1 Å². The Morgan fingerprint density at radius 1 is 1.10 bits per heavy atom. The fourth-order valence-corrected chi connectivity index (χ4v) is 2.44. The molecule has 0 fully saturated rings. The van der Waals surface area contributed by atoms with Crippen molar-refractivity contribution in [1.82, 2.24) is 0 Å². The standard InChI is InChI=1S/C17H21N3/c1-4-20(15-8-6-5-7-13(15)3)16-10-9-12(2)11-14(16)17(18)19/h5-11H,4H2,1-3H3,(H3,18,19). The van der Waals surface area contributed by atoms with Crippen LogP contribution in [0.15, 0.2) is 42.5 Å². The smallest absolute Gasteiger partial charge is 0.124 e. The predicted molar refractivity (Wildman–Crippen MR) is 86.1 cm³/mol. The highest BCUT2D eigenvalue weighted by atomic mass is 15.1. The number of hydrogen-bond donors (Lipinski definition) is 2. The van der Waals surface area contributed by atoms with Gasteiger partial charge >= 0.3 is 0 Å². The number of anilines is 2. The first-order valence-corrected chi connectivity index (χ1v) is 6.82. The molecular weight excluding hydrogens is 246 g/mol. The van der Waals surface area contributed by atoms with Gasteiger partial charge in [0.25, 0.3) is 0 Å². The lowest BCUT2D eigenvalue weighted by atomic mass is 10.1. The van der Waals surface area contributed by atoms with Gasteiger partial charge in [0.15, 0.2) is 0 Å². The molecule has 0 aromatic heterocycles. The van der Waals surface area contributed by atoms with Gasteiger partial charge in [-0.15, -0.1) is 0 Å². The third kappa shape index (κ3) is 2.67. The molecule has 0 aliphatic heterocycles. The number of benzene rings is 2. The van der Waals surface area contributed by atoms with E-state index in [1.165, 1.54) is 5.56 Å². The molecule has 0 amide bonds. The molecule has 20 heavy (non-hydrogen) atoms. The second-order valence-corrected chi connectivity index (χ2v) is 4.97. The molecule has 0 bridgehead atoms. The zero-order chi connectivity index (χ0) is 14.7. The Kier molecular flexibility index (Phi) is 4.08. The van der Waals surface area contributed by atoms with Crippen molar-refractivity contribution in [3.63, 3.8) is 0 Å². The van der Waals surface area contributed by atoms with Crippen molar-refractivity contribution >= 4 is 17.2 Å². The number of nitrogens with zero attached hydrogens (tertiary/aromatic N) is 1. The quantitative estimate of drug-likeness (QED) is 0.655. The van der Waals surface area contributed by atoms with Crippen LogP contribution in [0.25, 0.3) is 0 Å². The minimum Gasteiger partial charge on any atom is -0.384 e. The van der Waals surface area contributed by atoms with Crippen molar-refractivity contribution in [3.05, 3.63) is 59.2 Å². The van der Waals surface area contributed by atoms with Crippen LogP contribution in [0, 0.1) is 19.3 Å². The van der Waals surface area contributed by atoms with Crippen LogP contribution in [0.5, 0.6) is 0 Å². The van der Waals surface area contributed by atoms with Gasteiger partial charge in [0, 0.05) is 17.8 Å². The second-order valence-electron chi connectivity index (χ2n) is 4.97. The Morgan fingerprint density at radius 2 is 1.80 bits per heavy atom. The molecule has 0 saturated carbocycles. The van der Waals surface area contributed by atoms with Gasteiger partial charge in [-0.25, -0.2) is 0 Å². The third-order valence-electron chi connectivity index (χ3n) is 3.46. The van der Waals surface area contributed by atoms with Gasteiger partial charge in [0.1, 0.15) is 5.84 Å². The van der Waals surface area contributed by atoms with Crippen LogP contribution in [-0.2, 0) is 0 Å². The maximum atomic E-state index is 7.81. The van der Waals surface area contributed by atoms with Gasteiger partial charge < -0.3 is 10.6 Å². The van der Waals surface area contributed by atoms with Crippen molar-refractivity contribution in [3.8, 4) is 0 Å². The van der Waals surface area contributed by atoms with Crippen LogP contribution in [0.2, 0.25) is 0 Å². The minimum absolute atomic E-state index is 0.107. The molecule has 0 heterocycles. The number of rotatable bonds is 4. The van der Waals surface area contributed by atoms with Gasteiger partial charge in [-0.1, -0.05) is 29.8 Å². The largest absolute Gasteiger partial charge is 0.384 e. The van der Waals surface area contributed by atoms with Gasteiger partial charge in [-0.2, -0.15) is 0 Å². The van der Waals surface area contributed by atoms with Crippen LogP contribution < -0.4 is 10.6 Å². The Bertz CT molecular complexity index is 632. The molecule has 0 saturated heterocycles. The van der Waals surface area contributed by atoms with E-state index in [-0.39, 0.29) is 5.84 Å². The summed E-state index contributed by atoms with van der Waals surface area (Å²) in [5.74, 6) is 0.107. The van der Waals surface area contributed by atoms with Crippen molar-refractivity contribution in [2.75, 3.05) is 11.4 Å². The number of nitrogens with two attached hydrogens (primary N) is 1. The van der Waals surface area contributed by atoms with E-state index in [0.717, 1.165) is 29.0 Å². The lowest BCUT2D eigenvalue weighted by molar-refractivity contribution is 1.01. The summed E-state index contributed by atoms with van der Waals surface area (Å²) in [6.07, 6.45) is 0. The van der Waals surface area contributed by atoms with E-state index in [9.17, 15) is 0 Å². The molecule has 3 heteroatoms. The third-order valence-corrected chi connectivity index (χ3v) is 3.46. The van der Waals surface area contributed by atoms with Gasteiger partial charge in [0.05, 0.1) is 5.69 Å². The highest BCUT2D eigenvalue weighted by Crippen LogP contribution is 2.31. The number of nitrogens with one attached hydrogen (secondary N) is 1. The van der Waals surface area contributed by atoms with Crippen LogP contribution in [0.4, 0.5) is 11.4 Å². The van der Waals surface area contributed by atoms with Crippen LogP contribution in [0.1, 0.15) is 23.6 Å². The summed E-state index contributed by atoms with van der Waals surface area (Å²) >= 11 is 0. The normalized spacial score (nSPS) is 10.3. The van der Waals surface area contributed by atoms with Gasteiger partial charge in [-0.05, 0) is 44.5 Å². The van der Waals surface area contributed by atoms with Crippen molar-refractivity contribution in [1.29, 1.82) is 5.41 Å². The van der Waals surface area contributed by atoms with E-state index in [1.807, 2.05) is 31.2 Å². The van der Waals surface area contributed by atoms with Crippen molar-refractivity contribution < 1.29 is 0 Å². The molecule has 0 aliphatic carbocycles. The highest BCUT2D eigenvalue weighted by Gasteiger charge is 2.15. The molecule has 3 N–H and O–H groups in total. The van der Waals surface area contributed by atoms with E-state index in [1.54, 1.807) is 0 Å². The first-order valence-electron chi connectivity index (χ1n) is 6.82. The number of hydrogen-bond acceptors (Lipinski definition) is 2. The Morgan fingerprint density at radius 3 is 2.40 bits per heavy atom. The Balaban J connectivity index is 2.58. The molecule has 0 spiro atoms. The molecule has 0 aliphatic rings.